The standard InChI is InChI=1S/C6H4F2N2O2.C6H7NO3/c7-5(8)3-1-10-4(2-9-3)6(11)12;1-2-4-3-5(6(8)9)10-7-4/h1-2,5H,(H,11,12);3H,2H2,1H3,(H,8,9). The molecule has 0 saturated carbocycles. The van der Waals surface area contributed by atoms with E-state index in [0.29, 0.717) is 12.1 Å². The van der Waals surface area contributed by atoms with E-state index in [4.69, 9.17) is 10.2 Å². The first-order valence-electron chi connectivity index (χ1n) is 5.87. The Morgan fingerprint density at radius 1 is 1.23 bits per heavy atom. The summed E-state index contributed by atoms with van der Waals surface area (Å²) in [5.74, 6) is -2.47. The molecule has 2 aromatic heterocycles. The topological polar surface area (TPSA) is 126 Å². The number of hydrogen-bond acceptors (Lipinski definition) is 6. The van der Waals surface area contributed by atoms with Gasteiger partial charge in [-0.15, -0.1) is 0 Å². The highest BCUT2D eigenvalue weighted by molar-refractivity contribution is 5.84. The maximum atomic E-state index is 11.8. The summed E-state index contributed by atoms with van der Waals surface area (Å²) in [4.78, 5) is 26.9. The lowest BCUT2D eigenvalue weighted by molar-refractivity contribution is 0.0649. The van der Waals surface area contributed by atoms with Crippen molar-refractivity contribution in [2.24, 2.45) is 0 Å². The van der Waals surface area contributed by atoms with Crippen LogP contribution < -0.4 is 0 Å². The van der Waals surface area contributed by atoms with Gasteiger partial charge >= 0.3 is 11.9 Å². The van der Waals surface area contributed by atoms with Crippen LogP contribution in [-0.4, -0.2) is 37.3 Å². The van der Waals surface area contributed by atoms with Gasteiger partial charge in [-0.2, -0.15) is 0 Å². The molecule has 2 aromatic rings. The molecular formula is C12H11F2N3O5. The summed E-state index contributed by atoms with van der Waals surface area (Å²) in [6, 6.07) is 1.42. The fourth-order valence-corrected chi connectivity index (χ4v) is 1.14. The number of aromatic nitrogens is 3. The van der Waals surface area contributed by atoms with E-state index in [9.17, 15) is 18.4 Å². The van der Waals surface area contributed by atoms with Crippen LogP contribution in [0.25, 0.3) is 0 Å². The summed E-state index contributed by atoms with van der Waals surface area (Å²) in [5.41, 5.74) is -0.211. The van der Waals surface area contributed by atoms with Crippen LogP contribution >= 0.6 is 0 Å². The second kappa shape index (κ2) is 7.76. The van der Waals surface area contributed by atoms with Gasteiger partial charge in [0, 0.05) is 6.07 Å². The molecule has 0 fully saturated rings. The van der Waals surface area contributed by atoms with Gasteiger partial charge < -0.3 is 14.7 Å². The Labute approximate surface area is 122 Å². The van der Waals surface area contributed by atoms with Crippen molar-refractivity contribution < 1.29 is 33.1 Å². The predicted molar refractivity (Wildman–Crippen MR) is 66.8 cm³/mol. The van der Waals surface area contributed by atoms with E-state index in [1.54, 1.807) is 0 Å². The van der Waals surface area contributed by atoms with Crippen molar-refractivity contribution in [3.8, 4) is 0 Å². The molecule has 2 N–H and O–H groups in total. The van der Waals surface area contributed by atoms with Crippen molar-refractivity contribution >= 4 is 11.9 Å². The van der Waals surface area contributed by atoms with Crippen LogP contribution in [0.1, 0.15) is 45.8 Å². The molecule has 0 bridgehead atoms. The number of aryl methyl sites for hydroxylation is 1. The van der Waals surface area contributed by atoms with Gasteiger partial charge in [0.1, 0.15) is 5.69 Å². The van der Waals surface area contributed by atoms with Gasteiger partial charge in [-0.05, 0) is 6.42 Å². The normalized spacial score (nSPS) is 10.0. The molecule has 0 radical (unpaired) electrons. The van der Waals surface area contributed by atoms with Crippen molar-refractivity contribution in [3.63, 3.8) is 0 Å². The molecule has 0 saturated heterocycles. The van der Waals surface area contributed by atoms with Crippen LogP contribution in [0.15, 0.2) is 23.0 Å². The number of rotatable bonds is 4. The zero-order valence-corrected chi connectivity index (χ0v) is 11.2. The van der Waals surface area contributed by atoms with Crippen LogP contribution in [0.4, 0.5) is 8.78 Å². The van der Waals surface area contributed by atoms with Crippen molar-refractivity contribution in [2.75, 3.05) is 0 Å². The molecule has 0 aliphatic heterocycles. The van der Waals surface area contributed by atoms with E-state index in [0.717, 1.165) is 12.4 Å². The highest BCUT2D eigenvalue weighted by Crippen LogP contribution is 2.14. The third-order valence-electron chi connectivity index (χ3n) is 2.25. The Morgan fingerprint density at radius 3 is 2.23 bits per heavy atom. The second-order valence-electron chi connectivity index (χ2n) is 3.77. The van der Waals surface area contributed by atoms with Crippen LogP contribution in [0.2, 0.25) is 0 Å². The quantitative estimate of drug-likeness (QED) is 0.877. The zero-order chi connectivity index (χ0) is 16.7. The number of halogens is 2. The number of aromatic carboxylic acids is 2. The molecule has 10 heteroatoms. The lowest BCUT2D eigenvalue weighted by atomic mass is 10.3. The Hall–Kier alpha value is -2.91. The van der Waals surface area contributed by atoms with Gasteiger partial charge in [-0.25, -0.2) is 23.4 Å². The van der Waals surface area contributed by atoms with E-state index in [2.05, 4.69) is 19.6 Å². The fourth-order valence-electron chi connectivity index (χ4n) is 1.14. The summed E-state index contributed by atoms with van der Waals surface area (Å²) < 4.78 is 28.2. The summed E-state index contributed by atoms with van der Waals surface area (Å²) in [7, 11) is 0. The summed E-state index contributed by atoms with van der Waals surface area (Å²) in [6.07, 6.45) is -0.491. The highest BCUT2D eigenvalue weighted by atomic mass is 19.3. The molecule has 2 heterocycles. The van der Waals surface area contributed by atoms with Gasteiger partial charge in [0.25, 0.3) is 6.43 Å². The van der Waals surface area contributed by atoms with Gasteiger partial charge in [-0.3, -0.25) is 4.98 Å². The van der Waals surface area contributed by atoms with Crippen molar-refractivity contribution in [1.29, 1.82) is 0 Å². The van der Waals surface area contributed by atoms with Gasteiger partial charge in [0.05, 0.1) is 18.1 Å². The summed E-state index contributed by atoms with van der Waals surface area (Å²) in [6.45, 7) is 1.88. The smallest absolute Gasteiger partial charge is 0.374 e. The summed E-state index contributed by atoms with van der Waals surface area (Å²) in [5, 5.41) is 20.2. The van der Waals surface area contributed by atoms with E-state index in [1.807, 2.05) is 6.92 Å². The molecular weight excluding hydrogens is 304 g/mol. The van der Waals surface area contributed by atoms with Crippen molar-refractivity contribution in [2.45, 2.75) is 19.8 Å². The van der Waals surface area contributed by atoms with E-state index in [1.165, 1.54) is 6.07 Å². The average molecular weight is 315 g/mol. The number of alkyl halides is 2. The minimum Gasteiger partial charge on any atom is -0.476 e. The first-order valence-corrected chi connectivity index (χ1v) is 5.87. The average Bonchev–Trinajstić information content (AvgIpc) is 2.97. The molecule has 0 aliphatic carbocycles. The van der Waals surface area contributed by atoms with E-state index in [-0.39, 0.29) is 11.5 Å². The Morgan fingerprint density at radius 2 is 1.91 bits per heavy atom. The molecule has 8 nitrogen and oxygen atoms in total. The van der Waals surface area contributed by atoms with Crippen LogP contribution in [0.3, 0.4) is 0 Å². The van der Waals surface area contributed by atoms with Crippen molar-refractivity contribution in [1.82, 2.24) is 15.1 Å². The first kappa shape index (κ1) is 17.1. The number of carboxylic acids is 2. The number of nitrogens with zero attached hydrogens (tertiary/aromatic N) is 3. The largest absolute Gasteiger partial charge is 0.476 e. The Kier molecular flexibility index (Phi) is 6.05. The van der Waals surface area contributed by atoms with Gasteiger partial charge in [-0.1, -0.05) is 12.1 Å². The maximum absolute atomic E-state index is 11.8. The predicted octanol–water partition coefficient (Wildman–Crippen LogP) is 2.05. The van der Waals surface area contributed by atoms with Crippen LogP contribution in [0, 0.1) is 0 Å². The Bertz CT molecular complexity index is 642. The monoisotopic (exact) mass is 315 g/mol. The van der Waals surface area contributed by atoms with Crippen molar-refractivity contribution in [3.05, 3.63) is 41.3 Å². The van der Waals surface area contributed by atoms with Crippen LogP contribution in [-0.2, 0) is 6.42 Å². The maximum Gasteiger partial charge on any atom is 0.374 e. The molecule has 0 aliphatic rings. The number of carboxylic acid groups (broad SMARTS) is 2. The third-order valence-corrected chi connectivity index (χ3v) is 2.25. The fraction of sp³-hybridized carbons (Fsp3) is 0.250. The third kappa shape index (κ3) is 4.89. The van der Waals surface area contributed by atoms with E-state index >= 15 is 0 Å². The minimum absolute atomic E-state index is 0.100. The van der Waals surface area contributed by atoms with Crippen LogP contribution in [0.5, 0.6) is 0 Å². The zero-order valence-electron chi connectivity index (χ0n) is 11.2. The minimum atomic E-state index is -2.72. The SMILES string of the molecule is CCc1cc(C(=O)O)on1.O=C(O)c1cnc(C(F)F)cn1. The molecule has 2 rings (SSSR count). The first-order chi connectivity index (χ1) is 10.3. The molecule has 118 valence electrons. The van der Waals surface area contributed by atoms with Gasteiger partial charge in [0.2, 0.25) is 5.76 Å². The number of carbonyl (C=O) groups is 2. The highest BCUT2D eigenvalue weighted by Gasteiger charge is 2.11. The molecule has 22 heavy (non-hydrogen) atoms. The molecule has 0 unspecified atom stereocenters. The number of hydrogen-bond donors (Lipinski definition) is 2. The molecule has 0 spiro atoms. The second-order valence-corrected chi connectivity index (χ2v) is 3.77. The summed E-state index contributed by atoms with van der Waals surface area (Å²) >= 11 is 0. The van der Waals surface area contributed by atoms with Gasteiger partial charge in [0.15, 0.2) is 5.69 Å². The molecule has 0 aromatic carbocycles. The Balaban J connectivity index is 0.000000224. The van der Waals surface area contributed by atoms with E-state index < -0.39 is 24.1 Å². The lowest BCUT2D eigenvalue weighted by Crippen LogP contribution is -2.02. The molecule has 0 amide bonds. The lowest BCUT2D eigenvalue weighted by Gasteiger charge is -1.96. The molecule has 0 atom stereocenters.